The lowest BCUT2D eigenvalue weighted by Gasteiger charge is -2.07. The van der Waals surface area contributed by atoms with E-state index in [0.717, 1.165) is 5.56 Å². The van der Waals surface area contributed by atoms with Gasteiger partial charge < -0.3 is 9.47 Å². The van der Waals surface area contributed by atoms with E-state index in [2.05, 4.69) is 11.7 Å². The molecule has 1 heterocycles. The van der Waals surface area contributed by atoms with E-state index < -0.39 is 0 Å². The van der Waals surface area contributed by atoms with Crippen molar-refractivity contribution in [2.45, 2.75) is 0 Å². The van der Waals surface area contributed by atoms with E-state index in [1.807, 2.05) is 6.07 Å². The first kappa shape index (κ1) is 18.2. The largest absolute Gasteiger partial charge is 0.493 e. The maximum Gasteiger partial charge on any atom is 0.279 e. The molecular formula is C19H16Cl2N2O3. The van der Waals surface area contributed by atoms with Crippen molar-refractivity contribution < 1.29 is 9.47 Å². The third-order valence-electron chi connectivity index (χ3n) is 3.87. The molecule has 0 fully saturated rings. The van der Waals surface area contributed by atoms with E-state index in [4.69, 9.17) is 32.7 Å². The fourth-order valence-corrected chi connectivity index (χ4v) is 3.08. The van der Waals surface area contributed by atoms with Crippen molar-refractivity contribution in [1.82, 2.24) is 9.78 Å². The smallest absolute Gasteiger partial charge is 0.279 e. The Bertz CT molecular complexity index is 1130. The number of hydrogen-bond donors (Lipinski definition) is 1. The van der Waals surface area contributed by atoms with E-state index in [-0.39, 0.29) is 5.56 Å². The Kier molecular flexibility index (Phi) is 5.11. The van der Waals surface area contributed by atoms with E-state index in [9.17, 15) is 4.79 Å². The highest BCUT2D eigenvalue weighted by Gasteiger charge is 2.10. The van der Waals surface area contributed by atoms with Gasteiger partial charge in [0.1, 0.15) is 0 Å². The van der Waals surface area contributed by atoms with Crippen molar-refractivity contribution in [1.29, 1.82) is 0 Å². The fraction of sp³-hybridized carbons (Fsp3) is 0.105. The first-order valence-electron chi connectivity index (χ1n) is 7.63. The molecule has 26 heavy (non-hydrogen) atoms. The summed E-state index contributed by atoms with van der Waals surface area (Å²) in [6.07, 6.45) is 1.73. The van der Waals surface area contributed by atoms with Gasteiger partial charge in [0.25, 0.3) is 5.56 Å². The van der Waals surface area contributed by atoms with Crippen molar-refractivity contribution in [2.75, 3.05) is 14.2 Å². The number of nitrogens with one attached hydrogen (secondary N) is 1. The molecule has 0 aliphatic carbocycles. The Labute approximate surface area is 159 Å². The molecule has 0 unspecified atom stereocenters. The molecular weight excluding hydrogens is 375 g/mol. The SMILES string of the molecule is C=c1[nH]n(-c2ccc(Cl)cc2Cl)c(=O)/c1=C/c1ccc(OC)c(OC)c1. The molecule has 2 aromatic carbocycles. The summed E-state index contributed by atoms with van der Waals surface area (Å²) < 4.78 is 11.9. The number of ether oxygens (including phenoxy) is 2. The lowest BCUT2D eigenvalue weighted by molar-refractivity contribution is 0.355. The molecule has 0 aliphatic rings. The Morgan fingerprint density at radius 2 is 1.81 bits per heavy atom. The van der Waals surface area contributed by atoms with Gasteiger partial charge in [0.05, 0.1) is 35.5 Å². The van der Waals surface area contributed by atoms with E-state index >= 15 is 0 Å². The molecule has 3 rings (SSSR count). The Morgan fingerprint density at radius 3 is 2.46 bits per heavy atom. The summed E-state index contributed by atoms with van der Waals surface area (Å²) in [6, 6.07) is 10.3. The van der Waals surface area contributed by atoms with Crippen LogP contribution in [0.3, 0.4) is 0 Å². The van der Waals surface area contributed by atoms with Crippen LogP contribution in [0.1, 0.15) is 5.56 Å². The molecule has 0 saturated heterocycles. The van der Waals surface area contributed by atoms with Crippen LogP contribution in [0.5, 0.6) is 11.5 Å². The van der Waals surface area contributed by atoms with E-state index in [0.29, 0.717) is 37.8 Å². The van der Waals surface area contributed by atoms with Gasteiger partial charge in [-0.3, -0.25) is 9.89 Å². The first-order valence-corrected chi connectivity index (χ1v) is 8.39. The quantitative estimate of drug-likeness (QED) is 0.744. The van der Waals surface area contributed by atoms with Gasteiger partial charge in [0, 0.05) is 5.02 Å². The number of methoxy groups -OCH3 is 2. The van der Waals surface area contributed by atoms with Crippen LogP contribution in [0.25, 0.3) is 18.3 Å². The Hall–Kier alpha value is -2.63. The van der Waals surface area contributed by atoms with E-state index in [1.54, 1.807) is 50.6 Å². The molecule has 0 bridgehead atoms. The lowest BCUT2D eigenvalue weighted by Crippen LogP contribution is -2.34. The topological polar surface area (TPSA) is 56.2 Å². The van der Waals surface area contributed by atoms with E-state index in [1.165, 1.54) is 4.68 Å². The van der Waals surface area contributed by atoms with Gasteiger partial charge in [-0.1, -0.05) is 35.8 Å². The zero-order valence-corrected chi connectivity index (χ0v) is 15.7. The highest BCUT2D eigenvalue weighted by atomic mass is 35.5. The number of hydrogen-bond acceptors (Lipinski definition) is 3. The maximum atomic E-state index is 12.8. The van der Waals surface area contributed by atoms with Crippen molar-refractivity contribution in [3.05, 3.63) is 72.9 Å². The second-order valence-corrected chi connectivity index (χ2v) is 6.34. The molecule has 0 spiro atoms. The van der Waals surface area contributed by atoms with Crippen molar-refractivity contribution in [2.24, 2.45) is 0 Å². The third kappa shape index (κ3) is 3.36. The maximum absolute atomic E-state index is 12.8. The third-order valence-corrected chi connectivity index (χ3v) is 4.41. The summed E-state index contributed by atoms with van der Waals surface area (Å²) in [5.74, 6) is 1.18. The monoisotopic (exact) mass is 390 g/mol. The van der Waals surface area contributed by atoms with Gasteiger partial charge in [0.2, 0.25) is 0 Å². The van der Waals surface area contributed by atoms with Gasteiger partial charge in [-0.15, -0.1) is 0 Å². The second kappa shape index (κ2) is 7.32. The summed E-state index contributed by atoms with van der Waals surface area (Å²) >= 11 is 12.1. The molecule has 0 saturated carbocycles. The second-order valence-electron chi connectivity index (χ2n) is 5.50. The average Bonchev–Trinajstić information content (AvgIpc) is 2.89. The molecule has 3 aromatic rings. The number of benzene rings is 2. The lowest BCUT2D eigenvalue weighted by atomic mass is 10.1. The molecule has 0 atom stereocenters. The summed E-state index contributed by atoms with van der Waals surface area (Å²) in [4.78, 5) is 12.8. The van der Waals surface area contributed by atoms with Gasteiger partial charge >= 0.3 is 0 Å². The molecule has 1 N–H and O–H groups in total. The van der Waals surface area contributed by atoms with Crippen LogP contribution in [0.4, 0.5) is 0 Å². The number of halogens is 2. The molecule has 134 valence electrons. The van der Waals surface area contributed by atoms with Crippen LogP contribution in [0.15, 0.2) is 41.2 Å². The van der Waals surface area contributed by atoms with Crippen molar-refractivity contribution in [3.63, 3.8) is 0 Å². The minimum atomic E-state index is -0.269. The van der Waals surface area contributed by atoms with Crippen LogP contribution in [-0.2, 0) is 0 Å². The van der Waals surface area contributed by atoms with Crippen LogP contribution < -0.4 is 25.6 Å². The van der Waals surface area contributed by atoms with Crippen molar-refractivity contribution in [3.8, 4) is 17.2 Å². The summed E-state index contributed by atoms with van der Waals surface area (Å²) in [5.41, 5.74) is 1.00. The van der Waals surface area contributed by atoms with Crippen molar-refractivity contribution >= 4 is 35.9 Å². The molecule has 0 amide bonds. The number of nitrogens with zero attached hydrogens (tertiary/aromatic N) is 1. The van der Waals surface area contributed by atoms with Crippen LogP contribution >= 0.6 is 23.2 Å². The zero-order chi connectivity index (χ0) is 18.8. The Balaban J connectivity index is 2.16. The number of H-pyrrole nitrogens is 1. The van der Waals surface area contributed by atoms with Crippen LogP contribution in [-0.4, -0.2) is 24.0 Å². The fourth-order valence-electron chi connectivity index (χ4n) is 2.59. The predicted octanol–water partition coefficient (Wildman–Crippen LogP) is 2.73. The molecule has 5 nitrogen and oxygen atoms in total. The number of rotatable bonds is 4. The minimum Gasteiger partial charge on any atom is -0.493 e. The molecule has 0 radical (unpaired) electrons. The summed E-state index contributed by atoms with van der Waals surface area (Å²) in [7, 11) is 3.12. The standard InChI is InChI=1S/C19H16Cl2N2O3/c1-11-14(8-12-4-7-17(25-2)18(9-12)26-3)19(24)23(22-11)16-6-5-13(20)10-15(16)21/h4-10,22H,1H2,2-3H3/b14-8+. The van der Waals surface area contributed by atoms with Gasteiger partial charge in [-0.2, -0.15) is 0 Å². The zero-order valence-electron chi connectivity index (χ0n) is 14.2. The van der Waals surface area contributed by atoms with Crippen LogP contribution in [0.2, 0.25) is 10.0 Å². The van der Waals surface area contributed by atoms with Gasteiger partial charge in [0.15, 0.2) is 11.5 Å². The Morgan fingerprint density at radius 1 is 1.08 bits per heavy atom. The predicted molar refractivity (Wildman–Crippen MR) is 104 cm³/mol. The molecule has 7 heteroatoms. The molecule has 1 aromatic heterocycles. The molecule has 0 aliphatic heterocycles. The normalized spacial score (nSPS) is 11.6. The average molecular weight is 391 g/mol. The van der Waals surface area contributed by atoms with Crippen LogP contribution in [0, 0.1) is 0 Å². The first-order chi connectivity index (χ1) is 12.4. The summed E-state index contributed by atoms with van der Waals surface area (Å²) in [5, 5.41) is 4.68. The highest BCUT2D eigenvalue weighted by Crippen LogP contribution is 2.27. The minimum absolute atomic E-state index is 0.269. The van der Waals surface area contributed by atoms with Gasteiger partial charge in [-0.25, -0.2) is 4.68 Å². The summed E-state index contributed by atoms with van der Waals surface area (Å²) in [6.45, 7) is 3.91. The van der Waals surface area contributed by atoms with Gasteiger partial charge in [-0.05, 0) is 42.0 Å². The number of aromatic nitrogens is 2. The number of aromatic amines is 1. The highest BCUT2D eigenvalue weighted by molar-refractivity contribution is 6.35.